The van der Waals surface area contributed by atoms with E-state index in [0.717, 1.165) is 70.8 Å². The number of halogens is 1. The van der Waals surface area contributed by atoms with Crippen LogP contribution < -0.4 is 5.46 Å². The Morgan fingerprint density at radius 1 is 0.589 bits per heavy atom. The molecule has 0 bridgehead atoms. The summed E-state index contributed by atoms with van der Waals surface area (Å²) in [6, 6.07) is 44.9. The van der Waals surface area contributed by atoms with Crippen molar-refractivity contribution in [1.29, 1.82) is 5.26 Å². The summed E-state index contributed by atoms with van der Waals surface area (Å²) in [5, 5.41) is 25.8. The van der Waals surface area contributed by atoms with Crippen molar-refractivity contribution >= 4 is 45.8 Å². The highest BCUT2D eigenvalue weighted by molar-refractivity contribution is 9.10. The van der Waals surface area contributed by atoms with Crippen molar-refractivity contribution in [1.82, 2.24) is 0 Å². The first kappa shape index (κ1) is 37.0. The third-order valence-corrected chi connectivity index (χ3v) is 12.2. The molecule has 0 saturated heterocycles. The number of nitrogens with zero attached hydrogens (tertiary/aromatic N) is 2. The van der Waals surface area contributed by atoms with Gasteiger partial charge in [0.05, 0.1) is 18.2 Å². The number of carbonyl (C=O) groups is 2. The molecule has 0 aliphatic heterocycles. The van der Waals surface area contributed by atoms with Crippen molar-refractivity contribution < 1.29 is 19.6 Å². The zero-order valence-electron chi connectivity index (χ0n) is 30.5. The Labute approximate surface area is 335 Å². The molecule has 0 radical (unpaired) electrons. The number of ketones is 2. The lowest BCUT2D eigenvalue weighted by molar-refractivity contribution is 0.0825. The third-order valence-electron chi connectivity index (χ3n) is 11.7. The van der Waals surface area contributed by atoms with Crippen LogP contribution in [0.1, 0.15) is 59.7 Å². The first-order valence-electron chi connectivity index (χ1n) is 18.6. The number of fused-ring (bicyclic) bond motifs is 4. The zero-order valence-corrected chi connectivity index (χ0v) is 32.1. The Kier molecular flexibility index (Phi) is 9.91. The summed E-state index contributed by atoms with van der Waals surface area (Å²) in [5.74, 6) is 0.617. The van der Waals surface area contributed by atoms with Crippen molar-refractivity contribution in [3.05, 3.63) is 199 Å². The molecule has 0 fully saturated rings. The molecular weight excluding hydrogens is 759 g/mol. The molecule has 4 aliphatic rings. The second-order valence-corrected chi connectivity index (χ2v) is 16.2. The SMILES string of the molecule is N#Cc1cccc(B(O)O)c1.O=C1c2cc(Br)ccc2CC12Cc1ccccc1C2.[C-]#[N+]c1cccc(-c2ccc3c(c2)C(=O)C2(Cc4ccccc4C2)C3)c1. The van der Waals surface area contributed by atoms with Crippen molar-refractivity contribution in [2.24, 2.45) is 10.8 Å². The molecule has 56 heavy (non-hydrogen) atoms. The van der Waals surface area contributed by atoms with Crippen LogP contribution in [-0.4, -0.2) is 28.7 Å². The quantitative estimate of drug-likeness (QED) is 0.135. The van der Waals surface area contributed by atoms with E-state index in [0.29, 0.717) is 22.5 Å². The summed E-state index contributed by atoms with van der Waals surface area (Å²) in [7, 11) is -1.50. The lowest BCUT2D eigenvalue weighted by atomic mass is 9.80. The number of benzene rings is 6. The molecule has 0 saturated carbocycles. The molecule has 8 heteroatoms. The van der Waals surface area contributed by atoms with Gasteiger partial charge in [0.25, 0.3) is 0 Å². The van der Waals surface area contributed by atoms with Gasteiger partial charge >= 0.3 is 7.12 Å². The van der Waals surface area contributed by atoms with Crippen LogP contribution in [0.4, 0.5) is 5.69 Å². The molecule has 0 unspecified atom stereocenters. The molecule has 6 aromatic rings. The van der Waals surface area contributed by atoms with E-state index in [-0.39, 0.29) is 16.6 Å². The van der Waals surface area contributed by atoms with Gasteiger partial charge in [-0.3, -0.25) is 9.59 Å². The lowest BCUT2D eigenvalue weighted by Gasteiger charge is -2.20. The molecule has 272 valence electrons. The molecular formula is C48H36BBrN2O4. The standard InChI is InChI=1S/C24H17NO.C17H13BrO.C7H6BNO2/c1-25-21-8-4-7-16(11-21)17-9-10-20-15-24(23(26)22(20)12-17)13-18-5-2-3-6-19(18)14-24;18-14-6-5-13-10-17(16(19)15(13)7-14)8-11-3-1-2-4-12(11)9-17;9-5-6-2-1-3-7(4-6)8(10)11/h2-12H,13-15H2;1-7H,8-10H2;1-4,10-11H. The van der Waals surface area contributed by atoms with E-state index in [1.807, 2.05) is 42.5 Å². The molecule has 2 N–H and O–H groups in total. The van der Waals surface area contributed by atoms with Crippen LogP contribution in [0.25, 0.3) is 16.0 Å². The predicted octanol–water partition coefficient (Wildman–Crippen LogP) is 8.64. The predicted molar refractivity (Wildman–Crippen MR) is 222 cm³/mol. The molecule has 0 heterocycles. The van der Waals surface area contributed by atoms with Gasteiger partial charge in [-0.05, 0) is 125 Å². The Balaban J connectivity index is 0.000000129. The summed E-state index contributed by atoms with van der Waals surface area (Å²) in [4.78, 5) is 29.7. The third kappa shape index (κ3) is 6.93. The van der Waals surface area contributed by atoms with Crippen molar-refractivity contribution in [2.75, 3.05) is 0 Å². The number of carbonyl (C=O) groups excluding carboxylic acids is 2. The maximum atomic E-state index is 13.3. The number of rotatable bonds is 2. The highest BCUT2D eigenvalue weighted by atomic mass is 79.9. The van der Waals surface area contributed by atoms with E-state index in [1.165, 1.54) is 33.9 Å². The molecule has 0 atom stereocenters. The van der Waals surface area contributed by atoms with Crippen LogP contribution >= 0.6 is 15.9 Å². The van der Waals surface area contributed by atoms with Crippen LogP contribution in [0, 0.1) is 28.7 Å². The Morgan fingerprint density at radius 3 is 1.62 bits per heavy atom. The van der Waals surface area contributed by atoms with Gasteiger partial charge in [0, 0.05) is 26.4 Å². The van der Waals surface area contributed by atoms with Gasteiger partial charge in [0.1, 0.15) is 0 Å². The van der Waals surface area contributed by atoms with Gasteiger partial charge in [0.15, 0.2) is 17.3 Å². The molecule has 6 nitrogen and oxygen atoms in total. The van der Waals surface area contributed by atoms with E-state index < -0.39 is 7.12 Å². The van der Waals surface area contributed by atoms with Crippen LogP contribution in [0.3, 0.4) is 0 Å². The first-order valence-corrected chi connectivity index (χ1v) is 19.4. The highest BCUT2D eigenvalue weighted by Gasteiger charge is 2.50. The second-order valence-electron chi connectivity index (χ2n) is 15.3. The van der Waals surface area contributed by atoms with Gasteiger partial charge in [-0.2, -0.15) is 5.26 Å². The molecule has 4 aliphatic carbocycles. The summed E-state index contributed by atoms with van der Waals surface area (Å²) in [6.07, 6.45) is 5.21. The van der Waals surface area contributed by atoms with E-state index in [2.05, 4.69) is 87.5 Å². The van der Waals surface area contributed by atoms with Crippen LogP contribution in [0.5, 0.6) is 0 Å². The monoisotopic (exact) mass is 794 g/mol. The van der Waals surface area contributed by atoms with Gasteiger partial charge in [-0.25, -0.2) is 4.85 Å². The maximum absolute atomic E-state index is 13.3. The normalized spacial score (nSPS) is 15.7. The smallest absolute Gasteiger partial charge is 0.423 e. The van der Waals surface area contributed by atoms with Crippen LogP contribution in [0.2, 0.25) is 0 Å². The first-order chi connectivity index (χ1) is 27.1. The van der Waals surface area contributed by atoms with E-state index in [4.69, 9.17) is 21.9 Å². The van der Waals surface area contributed by atoms with Crippen LogP contribution in [0.15, 0.2) is 138 Å². The number of Topliss-reactive ketones (excluding diaryl/α,β-unsaturated/α-hetero) is 2. The average Bonchev–Trinajstić information content (AvgIpc) is 3.94. The lowest BCUT2D eigenvalue weighted by Crippen LogP contribution is -2.29. The summed E-state index contributed by atoms with van der Waals surface area (Å²) in [5.41, 5.74) is 12.4. The molecule has 6 aromatic carbocycles. The molecule has 0 aromatic heterocycles. The van der Waals surface area contributed by atoms with Gasteiger partial charge in [0.2, 0.25) is 0 Å². The largest absolute Gasteiger partial charge is 0.488 e. The summed E-state index contributed by atoms with van der Waals surface area (Å²) in [6.45, 7) is 7.20. The number of nitriles is 1. The summed E-state index contributed by atoms with van der Waals surface area (Å²) >= 11 is 3.47. The topological polar surface area (TPSA) is 103 Å². The van der Waals surface area contributed by atoms with Crippen molar-refractivity contribution in [3.8, 4) is 17.2 Å². The zero-order chi connectivity index (χ0) is 39.0. The number of hydrogen-bond donors (Lipinski definition) is 2. The minimum Gasteiger partial charge on any atom is -0.423 e. The Hall–Kier alpha value is -5.90. The maximum Gasteiger partial charge on any atom is 0.488 e. The molecule has 10 rings (SSSR count). The summed E-state index contributed by atoms with van der Waals surface area (Å²) < 4.78 is 0.993. The molecule has 0 amide bonds. The van der Waals surface area contributed by atoms with Crippen molar-refractivity contribution in [3.63, 3.8) is 0 Å². The fourth-order valence-electron chi connectivity index (χ4n) is 8.98. The van der Waals surface area contributed by atoms with E-state index in [9.17, 15) is 9.59 Å². The van der Waals surface area contributed by atoms with Crippen molar-refractivity contribution in [2.45, 2.75) is 38.5 Å². The Bertz CT molecular complexity index is 2590. The van der Waals surface area contributed by atoms with Gasteiger partial charge < -0.3 is 10.0 Å². The minimum atomic E-state index is -1.50. The average molecular weight is 796 g/mol. The highest BCUT2D eigenvalue weighted by Crippen LogP contribution is 2.49. The fraction of sp³-hybridized carbons (Fsp3) is 0.167. The Morgan fingerprint density at radius 2 is 1.09 bits per heavy atom. The molecule has 2 spiro atoms. The minimum absolute atomic E-state index is 0.202. The van der Waals surface area contributed by atoms with Gasteiger partial charge in [-0.15, -0.1) is 0 Å². The van der Waals surface area contributed by atoms with Gasteiger partial charge in [-0.1, -0.05) is 113 Å². The van der Waals surface area contributed by atoms with E-state index in [1.54, 1.807) is 24.3 Å². The second kappa shape index (κ2) is 15.0. The number of hydrogen-bond acceptors (Lipinski definition) is 5. The van der Waals surface area contributed by atoms with Crippen LogP contribution in [-0.2, 0) is 38.5 Å². The fourth-order valence-corrected chi connectivity index (χ4v) is 9.34. The van der Waals surface area contributed by atoms with E-state index >= 15 is 0 Å².